The van der Waals surface area contributed by atoms with Crippen molar-refractivity contribution in [3.8, 4) is 0 Å². The molecule has 6 unspecified atom stereocenters. The molecule has 1 aliphatic carbocycles. The summed E-state index contributed by atoms with van der Waals surface area (Å²) in [7, 11) is 0. The van der Waals surface area contributed by atoms with Crippen LogP contribution >= 0.6 is 0 Å². The van der Waals surface area contributed by atoms with Crippen molar-refractivity contribution < 1.29 is 0 Å². The molecule has 6 atom stereocenters. The van der Waals surface area contributed by atoms with Crippen LogP contribution in [0.25, 0.3) is 0 Å². The Hall–Kier alpha value is 0. The van der Waals surface area contributed by atoms with E-state index in [-0.39, 0.29) is 0 Å². The van der Waals surface area contributed by atoms with Gasteiger partial charge in [-0.1, -0.05) is 87.0 Å². The molecular weight excluding hydrogens is 240 g/mol. The van der Waals surface area contributed by atoms with Gasteiger partial charge in [0.1, 0.15) is 0 Å². The zero-order valence-corrected chi connectivity index (χ0v) is 15.3. The Morgan fingerprint density at radius 3 is 2.00 bits per heavy atom. The largest absolute Gasteiger partial charge is 0.0654 e. The van der Waals surface area contributed by atoms with E-state index in [9.17, 15) is 0 Å². The lowest BCUT2D eigenvalue weighted by molar-refractivity contribution is 0.261. The van der Waals surface area contributed by atoms with Gasteiger partial charge in [-0.2, -0.15) is 0 Å². The third kappa shape index (κ3) is 3.60. The molecule has 0 aromatic carbocycles. The molecule has 0 amide bonds. The second-order valence-corrected chi connectivity index (χ2v) is 7.86. The minimum Gasteiger partial charge on any atom is -0.0654 e. The fourth-order valence-corrected chi connectivity index (χ4v) is 4.80. The van der Waals surface area contributed by atoms with Crippen LogP contribution in [-0.2, 0) is 0 Å². The second kappa shape index (κ2) is 7.85. The van der Waals surface area contributed by atoms with Gasteiger partial charge in [-0.25, -0.2) is 0 Å². The molecule has 0 aromatic rings. The van der Waals surface area contributed by atoms with Gasteiger partial charge in [-0.3, -0.25) is 0 Å². The highest BCUT2D eigenvalue weighted by molar-refractivity contribution is 5.11. The minimum atomic E-state index is 0.651. The van der Waals surface area contributed by atoms with Crippen molar-refractivity contribution >= 4 is 0 Å². The van der Waals surface area contributed by atoms with Crippen LogP contribution in [0.5, 0.6) is 0 Å². The van der Waals surface area contributed by atoms with Gasteiger partial charge in [0.15, 0.2) is 0 Å². The number of hydrogen-bond donors (Lipinski definition) is 0. The lowest BCUT2D eigenvalue weighted by Gasteiger charge is -2.23. The summed E-state index contributed by atoms with van der Waals surface area (Å²) < 4.78 is 0. The van der Waals surface area contributed by atoms with Crippen molar-refractivity contribution in [3.63, 3.8) is 0 Å². The van der Waals surface area contributed by atoms with Crippen LogP contribution in [0.4, 0.5) is 0 Å². The molecule has 20 heavy (non-hydrogen) atoms. The molecule has 0 saturated heterocycles. The molecule has 0 nitrogen and oxygen atoms in total. The van der Waals surface area contributed by atoms with E-state index in [1.54, 1.807) is 0 Å². The van der Waals surface area contributed by atoms with Gasteiger partial charge < -0.3 is 0 Å². The third-order valence-corrected chi connectivity index (χ3v) is 6.87. The van der Waals surface area contributed by atoms with E-state index < -0.39 is 0 Å². The first-order valence-corrected chi connectivity index (χ1v) is 9.47. The fourth-order valence-electron chi connectivity index (χ4n) is 4.80. The minimum absolute atomic E-state index is 0.651. The average Bonchev–Trinajstić information content (AvgIpc) is 3.07. The maximum Gasteiger partial charge on any atom is -0.0235 e. The molecule has 1 fully saturated rings. The van der Waals surface area contributed by atoms with Gasteiger partial charge in [-0.05, 0) is 41.4 Å². The van der Waals surface area contributed by atoms with Gasteiger partial charge in [-0.15, -0.1) is 0 Å². The van der Waals surface area contributed by atoms with Gasteiger partial charge in [0.05, 0.1) is 0 Å². The summed E-state index contributed by atoms with van der Waals surface area (Å²) in [5.74, 6) is 4.85. The van der Waals surface area contributed by atoms with E-state index in [1.807, 2.05) is 0 Å². The quantitative estimate of drug-likeness (QED) is 0.406. The van der Waals surface area contributed by atoms with Crippen molar-refractivity contribution in [1.29, 1.82) is 0 Å². The van der Waals surface area contributed by atoms with Gasteiger partial charge >= 0.3 is 0 Å². The standard InChI is InChI=1S/C20H40/c1-8-12-17(11-4)19-18(14-13-15(5)9-2)20(19,7)16(6)10-3/h15-19H,8-14H2,1-7H3. The topological polar surface area (TPSA) is 0 Å². The van der Waals surface area contributed by atoms with Gasteiger partial charge in [0.25, 0.3) is 0 Å². The summed E-state index contributed by atoms with van der Waals surface area (Å²) >= 11 is 0. The normalized spacial score (nSPS) is 33.8. The Kier molecular flexibility index (Phi) is 7.09. The first-order chi connectivity index (χ1) is 9.47. The molecule has 0 N–H and O–H groups in total. The van der Waals surface area contributed by atoms with Crippen LogP contribution in [0.1, 0.15) is 93.4 Å². The third-order valence-electron chi connectivity index (χ3n) is 6.87. The Bertz CT molecular complexity index is 269. The molecule has 0 bridgehead atoms. The fraction of sp³-hybridized carbons (Fsp3) is 1.00. The van der Waals surface area contributed by atoms with Crippen LogP contribution in [0, 0.1) is 35.0 Å². The zero-order valence-electron chi connectivity index (χ0n) is 15.3. The van der Waals surface area contributed by atoms with Crippen molar-refractivity contribution in [2.24, 2.45) is 35.0 Å². The van der Waals surface area contributed by atoms with E-state index in [0.29, 0.717) is 5.41 Å². The second-order valence-electron chi connectivity index (χ2n) is 7.86. The van der Waals surface area contributed by atoms with Crippen LogP contribution in [0.3, 0.4) is 0 Å². The lowest BCUT2D eigenvalue weighted by Crippen LogP contribution is -2.15. The van der Waals surface area contributed by atoms with Gasteiger partial charge in [0.2, 0.25) is 0 Å². The average molecular weight is 281 g/mol. The molecule has 1 rings (SSSR count). The van der Waals surface area contributed by atoms with Crippen molar-refractivity contribution in [1.82, 2.24) is 0 Å². The summed E-state index contributed by atoms with van der Waals surface area (Å²) in [5, 5.41) is 0. The molecule has 0 heterocycles. The van der Waals surface area contributed by atoms with E-state index >= 15 is 0 Å². The Labute approximate surface area is 129 Å². The highest BCUT2D eigenvalue weighted by Gasteiger charge is 2.63. The van der Waals surface area contributed by atoms with Crippen LogP contribution in [0.2, 0.25) is 0 Å². The molecule has 0 aromatic heterocycles. The molecule has 1 saturated carbocycles. The summed E-state index contributed by atoms with van der Waals surface area (Å²) in [6.45, 7) is 17.1. The van der Waals surface area contributed by atoms with Crippen LogP contribution in [0.15, 0.2) is 0 Å². The number of hydrogen-bond acceptors (Lipinski definition) is 0. The first-order valence-electron chi connectivity index (χ1n) is 9.47. The predicted octanol–water partition coefficient (Wildman–Crippen LogP) is 6.94. The van der Waals surface area contributed by atoms with Crippen molar-refractivity contribution in [2.45, 2.75) is 93.4 Å². The zero-order chi connectivity index (χ0) is 15.3. The summed E-state index contributed by atoms with van der Waals surface area (Å²) in [6.07, 6.45) is 9.85. The van der Waals surface area contributed by atoms with Crippen molar-refractivity contribution in [2.75, 3.05) is 0 Å². The van der Waals surface area contributed by atoms with E-state index in [2.05, 4.69) is 48.5 Å². The highest BCUT2D eigenvalue weighted by Crippen LogP contribution is 2.69. The maximum atomic E-state index is 2.62. The molecule has 0 radical (unpaired) electrons. The monoisotopic (exact) mass is 280 g/mol. The summed E-state index contributed by atoms with van der Waals surface area (Å²) in [4.78, 5) is 0. The summed E-state index contributed by atoms with van der Waals surface area (Å²) in [5.41, 5.74) is 0.651. The Balaban J connectivity index is 2.73. The maximum absolute atomic E-state index is 2.62. The smallest absolute Gasteiger partial charge is 0.0235 e. The molecule has 0 aliphatic heterocycles. The predicted molar refractivity (Wildman–Crippen MR) is 91.9 cm³/mol. The van der Waals surface area contributed by atoms with Crippen LogP contribution in [-0.4, -0.2) is 0 Å². The highest BCUT2D eigenvalue weighted by atomic mass is 14.7. The van der Waals surface area contributed by atoms with E-state index in [0.717, 1.165) is 29.6 Å². The van der Waals surface area contributed by atoms with E-state index in [4.69, 9.17) is 0 Å². The molecule has 0 heteroatoms. The van der Waals surface area contributed by atoms with E-state index in [1.165, 1.54) is 44.9 Å². The lowest BCUT2D eigenvalue weighted by atomic mass is 9.82. The Morgan fingerprint density at radius 1 is 0.900 bits per heavy atom. The van der Waals surface area contributed by atoms with Crippen LogP contribution < -0.4 is 0 Å². The molecule has 120 valence electrons. The molecule has 1 aliphatic rings. The Morgan fingerprint density at radius 2 is 1.55 bits per heavy atom. The molecular formula is C20H40. The number of rotatable bonds is 10. The first kappa shape index (κ1) is 18.1. The van der Waals surface area contributed by atoms with Gasteiger partial charge in [0, 0.05) is 0 Å². The summed E-state index contributed by atoms with van der Waals surface area (Å²) in [6, 6.07) is 0. The van der Waals surface area contributed by atoms with Crippen molar-refractivity contribution in [3.05, 3.63) is 0 Å². The SMILES string of the molecule is CCCC(CC)C1C(CCC(C)CC)C1(C)C(C)CC. The molecule has 0 spiro atoms.